The Balaban J connectivity index is 1.19. The van der Waals surface area contributed by atoms with E-state index < -0.39 is 0 Å². The Morgan fingerprint density at radius 2 is 1.73 bits per heavy atom. The van der Waals surface area contributed by atoms with Gasteiger partial charge in [-0.3, -0.25) is 14.5 Å². The minimum absolute atomic E-state index is 0.0329. The lowest BCUT2D eigenvalue weighted by atomic mass is 10.1. The van der Waals surface area contributed by atoms with Gasteiger partial charge in [0, 0.05) is 55.3 Å². The van der Waals surface area contributed by atoms with Gasteiger partial charge in [0.25, 0.3) is 5.91 Å². The van der Waals surface area contributed by atoms with Crippen LogP contribution in [0, 0.1) is 6.92 Å². The summed E-state index contributed by atoms with van der Waals surface area (Å²) in [5, 5.41) is 7.44. The van der Waals surface area contributed by atoms with Crippen LogP contribution in [-0.4, -0.2) is 64.5 Å². The van der Waals surface area contributed by atoms with Gasteiger partial charge in [0.05, 0.1) is 6.54 Å². The predicted molar refractivity (Wildman–Crippen MR) is 125 cm³/mol. The lowest BCUT2D eigenvalue weighted by Gasteiger charge is -2.34. The number of carbonyl (C=O) groups is 2. The molecule has 0 spiro atoms. The Hall–Kier alpha value is -3.23. The molecule has 9 heteroatoms. The highest BCUT2D eigenvalue weighted by molar-refractivity contribution is 6.30. The smallest absolute Gasteiger partial charge is 0.251 e. The van der Waals surface area contributed by atoms with E-state index in [9.17, 15) is 9.59 Å². The number of amides is 2. The quantitative estimate of drug-likeness (QED) is 0.574. The highest BCUT2D eigenvalue weighted by Crippen LogP contribution is 2.17. The largest absolute Gasteiger partial charge is 0.352 e. The van der Waals surface area contributed by atoms with Crippen molar-refractivity contribution in [1.29, 1.82) is 0 Å². The number of aromatic nitrogens is 2. The molecule has 1 aromatic heterocycles. The summed E-state index contributed by atoms with van der Waals surface area (Å²) < 4.78 is 5.41. The highest BCUT2D eigenvalue weighted by Gasteiger charge is 2.22. The first kappa shape index (κ1) is 22.9. The topological polar surface area (TPSA) is 91.6 Å². The van der Waals surface area contributed by atoms with Gasteiger partial charge in [0.1, 0.15) is 0 Å². The minimum Gasteiger partial charge on any atom is -0.352 e. The van der Waals surface area contributed by atoms with Gasteiger partial charge in [0.15, 0.2) is 0 Å². The van der Waals surface area contributed by atoms with Gasteiger partial charge in [-0.2, -0.15) is 4.98 Å². The van der Waals surface area contributed by atoms with Crippen molar-refractivity contribution in [2.75, 3.05) is 32.7 Å². The number of rotatable bonds is 7. The van der Waals surface area contributed by atoms with E-state index in [1.54, 1.807) is 24.3 Å². The number of hydrogen-bond donors (Lipinski definition) is 1. The van der Waals surface area contributed by atoms with Gasteiger partial charge in [-0.25, -0.2) is 0 Å². The van der Waals surface area contributed by atoms with Crippen LogP contribution in [0.25, 0.3) is 11.4 Å². The third kappa shape index (κ3) is 6.18. The van der Waals surface area contributed by atoms with Gasteiger partial charge in [0.2, 0.25) is 17.6 Å². The van der Waals surface area contributed by atoms with Gasteiger partial charge in [-0.05, 0) is 31.2 Å². The van der Waals surface area contributed by atoms with Crippen molar-refractivity contribution in [3.63, 3.8) is 0 Å². The molecule has 1 N–H and O–H groups in total. The molecule has 1 saturated heterocycles. The van der Waals surface area contributed by atoms with Crippen molar-refractivity contribution in [1.82, 2.24) is 25.3 Å². The molecule has 0 unspecified atom stereocenters. The molecule has 2 amide bonds. The summed E-state index contributed by atoms with van der Waals surface area (Å²) in [5.74, 6) is 0.967. The molecule has 0 bridgehead atoms. The predicted octanol–water partition coefficient (Wildman–Crippen LogP) is 3.16. The van der Waals surface area contributed by atoms with Crippen LogP contribution in [0.15, 0.2) is 53.1 Å². The number of hydrogen-bond acceptors (Lipinski definition) is 6. The molecule has 0 radical (unpaired) electrons. The number of piperazine rings is 1. The summed E-state index contributed by atoms with van der Waals surface area (Å²) in [7, 11) is 0. The first-order chi connectivity index (χ1) is 16.0. The average Bonchev–Trinajstić information content (AvgIpc) is 3.28. The molecule has 2 heterocycles. The number of nitrogens with one attached hydrogen (secondary N) is 1. The van der Waals surface area contributed by atoms with Gasteiger partial charge >= 0.3 is 0 Å². The van der Waals surface area contributed by atoms with E-state index in [1.807, 2.05) is 36.1 Å². The molecule has 0 aliphatic carbocycles. The van der Waals surface area contributed by atoms with Crippen molar-refractivity contribution in [3.8, 4) is 11.4 Å². The van der Waals surface area contributed by atoms with E-state index in [0.29, 0.717) is 48.5 Å². The molecule has 172 valence electrons. The summed E-state index contributed by atoms with van der Waals surface area (Å²) in [6.07, 6.45) is 0.267. The fraction of sp³-hybridized carbons (Fsp3) is 0.333. The first-order valence-electron chi connectivity index (χ1n) is 10.9. The number of halogens is 1. The SMILES string of the molecule is Cc1ccc(-c2noc(CN3CCN(C(=O)CCNC(=O)c4ccc(Cl)cc4)CC3)n2)cc1. The van der Waals surface area contributed by atoms with Crippen LogP contribution in [0.1, 0.15) is 28.2 Å². The highest BCUT2D eigenvalue weighted by atomic mass is 35.5. The number of nitrogens with zero attached hydrogens (tertiary/aromatic N) is 4. The maximum absolute atomic E-state index is 12.5. The number of aryl methyl sites for hydroxylation is 1. The maximum atomic E-state index is 12.5. The van der Waals surface area contributed by atoms with Gasteiger partial charge in [-0.15, -0.1) is 0 Å². The molecule has 4 rings (SSSR count). The maximum Gasteiger partial charge on any atom is 0.251 e. The molecular formula is C24H26ClN5O3. The Labute approximate surface area is 197 Å². The number of benzene rings is 2. The fourth-order valence-corrected chi connectivity index (χ4v) is 3.76. The molecule has 33 heavy (non-hydrogen) atoms. The van der Waals surface area contributed by atoms with Crippen molar-refractivity contribution < 1.29 is 14.1 Å². The zero-order valence-electron chi connectivity index (χ0n) is 18.5. The van der Waals surface area contributed by atoms with Crippen molar-refractivity contribution in [3.05, 3.63) is 70.6 Å². The Kier molecular flexibility index (Phi) is 7.36. The molecule has 8 nitrogen and oxygen atoms in total. The molecular weight excluding hydrogens is 442 g/mol. The second kappa shape index (κ2) is 10.6. The molecule has 0 saturated carbocycles. The Bertz CT molecular complexity index is 1090. The third-order valence-electron chi connectivity index (χ3n) is 5.59. The fourth-order valence-electron chi connectivity index (χ4n) is 3.63. The van der Waals surface area contributed by atoms with E-state index >= 15 is 0 Å². The van der Waals surface area contributed by atoms with Crippen molar-refractivity contribution >= 4 is 23.4 Å². The normalized spacial score (nSPS) is 14.3. The zero-order chi connectivity index (χ0) is 23.2. The monoisotopic (exact) mass is 467 g/mol. The second-order valence-electron chi connectivity index (χ2n) is 8.05. The van der Waals surface area contributed by atoms with E-state index in [1.165, 1.54) is 5.56 Å². The summed E-state index contributed by atoms with van der Waals surface area (Å²) in [6, 6.07) is 14.6. The third-order valence-corrected chi connectivity index (χ3v) is 5.84. The molecule has 1 aliphatic heterocycles. The van der Waals surface area contributed by atoms with Crippen LogP contribution >= 0.6 is 11.6 Å². The average molecular weight is 468 g/mol. The van der Waals surface area contributed by atoms with Crippen LogP contribution in [-0.2, 0) is 11.3 Å². The summed E-state index contributed by atoms with van der Waals surface area (Å²) in [6.45, 7) is 5.59. The number of carbonyl (C=O) groups excluding carboxylic acids is 2. The molecule has 0 atom stereocenters. The van der Waals surface area contributed by atoms with Crippen LogP contribution in [0.5, 0.6) is 0 Å². The van der Waals surface area contributed by atoms with Gasteiger partial charge in [-0.1, -0.05) is 46.6 Å². The molecule has 2 aromatic carbocycles. The lowest BCUT2D eigenvalue weighted by molar-refractivity contribution is -0.132. The molecule has 1 aliphatic rings. The van der Waals surface area contributed by atoms with E-state index in [2.05, 4.69) is 20.4 Å². The Morgan fingerprint density at radius 3 is 2.42 bits per heavy atom. The van der Waals surface area contributed by atoms with Crippen LogP contribution in [0.4, 0.5) is 0 Å². The zero-order valence-corrected chi connectivity index (χ0v) is 19.2. The Morgan fingerprint density at radius 1 is 1.03 bits per heavy atom. The van der Waals surface area contributed by atoms with E-state index in [-0.39, 0.29) is 18.2 Å². The summed E-state index contributed by atoms with van der Waals surface area (Å²) in [4.78, 5) is 33.2. The second-order valence-corrected chi connectivity index (χ2v) is 8.48. The summed E-state index contributed by atoms with van der Waals surface area (Å²) in [5.41, 5.74) is 2.63. The van der Waals surface area contributed by atoms with E-state index in [4.69, 9.17) is 16.1 Å². The lowest BCUT2D eigenvalue weighted by Crippen LogP contribution is -2.48. The van der Waals surface area contributed by atoms with Crippen molar-refractivity contribution in [2.24, 2.45) is 0 Å². The van der Waals surface area contributed by atoms with Crippen LogP contribution in [0.3, 0.4) is 0 Å². The van der Waals surface area contributed by atoms with Gasteiger partial charge < -0.3 is 14.7 Å². The van der Waals surface area contributed by atoms with Crippen LogP contribution < -0.4 is 5.32 Å². The molecule has 1 fully saturated rings. The standard InChI is InChI=1S/C24H26ClN5O3/c1-17-2-4-18(5-3-17)23-27-21(33-28-23)16-29-12-14-30(15-13-29)22(31)10-11-26-24(32)19-6-8-20(25)9-7-19/h2-9H,10-16H2,1H3,(H,26,32). The molecule has 3 aromatic rings. The summed E-state index contributed by atoms with van der Waals surface area (Å²) >= 11 is 5.84. The minimum atomic E-state index is -0.214. The first-order valence-corrected chi connectivity index (χ1v) is 11.3. The van der Waals surface area contributed by atoms with E-state index in [0.717, 1.165) is 18.7 Å². The van der Waals surface area contributed by atoms with Crippen LogP contribution in [0.2, 0.25) is 5.02 Å². The van der Waals surface area contributed by atoms with Crippen molar-refractivity contribution in [2.45, 2.75) is 19.9 Å².